The molecule has 24 heavy (non-hydrogen) atoms. The fourth-order valence-electron chi connectivity index (χ4n) is 2.37. The lowest BCUT2D eigenvalue weighted by atomic mass is 10.1. The van der Waals surface area contributed by atoms with E-state index in [2.05, 4.69) is 25.4 Å². The highest BCUT2D eigenvalue weighted by molar-refractivity contribution is 5.73. The van der Waals surface area contributed by atoms with Gasteiger partial charge < -0.3 is 9.47 Å². The third-order valence-corrected chi connectivity index (χ3v) is 3.50. The van der Waals surface area contributed by atoms with Crippen molar-refractivity contribution in [3.05, 3.63) is 53.1 Å². The van der Waals surface area contributed by atoms with Gasteiger partial charge in [-0.3, -0.25) is 20.0 Å². The molecule has 8 nitrogen and oxygen atoms in total. The molecule has 4 rings (SSSR count). The summed E-state index contributed by atoms with van der Waals surface area (Å²) in [6, 6.07) is 8.93. The first-order chi connectivity index (χ1) is 11.8. The number of benzene rings is 1. The Morgan fingerprint density at radius 2 is 1.92 bits per heavy atom. The quantitative estimate of drug-likeness (QED) is 0.723. The van der Waals surface area contributed by atoms with Gasteiger partial charge in [0, 0.05) is 11.8 Å². The van der Waals surface area contributed by atoms with Gasteiger partial charge in [-0.05, 0) is 30.3 Å². The van der Waals surface area contributed by atoms with Gasteiger partial charge in [-0.1, -0.05) is 0 Å². The maximum absolute atomic E-state index is 12.0. The lowest BCUT2D eigenvalue weighted by Crippen LogP contribution is -2.15. The van der Waals surface area contributed by atoms with E-state index in [1.54, 1.807) is 36.7 Å². The second kappa shape index (κ2) is 5.99. The molecule has 2 N–H and O–H groups in total. The molecule has 1 aliphatic heterocycles. The zero-order chi connectivity index (χ0) is 16.4. The normalized spacial score (nSPS) is 13.3. The first-order valence-electron chi connectivity index (χ1n) is 7.34. The summed E-state index contributed by atoms with van der Waals surface area (Å²) in [6.45, 7) is 1.02. The number of ether oxygens (including phenoxy) is 2. The van der Waals surface area contributed by atoms with Gasteiger partial charge in [-0.15, -0.1) is 10.2 Å². The van der Waals surface area contributed by atoms with E-state index in [9.17, 15) is 4.79 Å². The van der Waals surface area contributed by atoms with Crippen LogP contribution in [0, 0.1) is 0 Å². The van der Waals surface area contributed by atoms with Crippen molar-refractivity contribution < 1.29 is 9.47 Å². The second-order valence-corrected chi connectivity index (χ2v) is 5.07. The van der Waals surface area contributed by atoms with Gasteiger partial charge in [0.25, 0.3) is 5.56 Å². The van der Waals surface area contributed by atoms with Crippen LogP contribution < -0.4 is 15.0 Å². The van der Waals surface area contributed by atoms with Crippen molar-refractivity contribution in [2.75, 3.05) is 13.2 Å². The van der Waals surface area contributed by atoms with Crippen LogP contribution in [0.1, 0.15) is 0 Å². The highest BCUT2D eigenvalue weighted by Crippen LogP contribution is 2.36. The monoisotopic (exact) mass is 323 g/mol. The Kier molecular flexibility index (Phi) is 3.54. The van der Waals surface area contributed by atoms with Gasteiger partial charge in [-0.25, -0.2) is 0 Å². The van der Waals surface area contributed by atoms with Crippen LogP contribution in [0.4, 0.5) is 11.4 Å². The van der Waals surface area contributed by atoms with Crippen molar-refractivity contribution in [1.82, 2.24) is 15.2 Å². The number of rotatable bonds is 3. The molecule has 0 saturated carbocycles. The summed E-state index contributed by atoms with van der Waals surface area (Å²) >= 11 is 0. The number of nitrogens with zero attached hydrogens (tertiary/aromatic N) is 3. The molecule has 0 aliphatic carbocycles. The molecule has 0 saturated heterocycles. The summed E-state index contributed by atoms with van der Waals surface area (Å²) in [4.78, 5) is 16.0. The van der Waals surface area contributed by atoms with Crippen molar-refractivity contribution in [3.8, 4) is 22.8 Å². The number of pyridine rings is 1. The first-order valence-corrected chi connectivity index (χ1v) is 7.34. The van der Waals surface area contributed by atoms with E-state index in [4.69, 9.17) is 9.47 Å². The van der Waals surface area contributed by atoms with Crippen molar-refractivity contribution in [2.45, 2.75) is 0 Å². The summed E-state index contributed by atoms with van der Waals surface area (Å²) in [5.41, 5.74) is 1.68. The number of azo groups is 1. The molecule has 0 spiro atoms. The first kappa shape index (κ1) is 14.2. The highest BCUT2D eigenvalue weighted by atomic mass is 16.6. The molecule has 1 aromatic carbocycles. The number of aromatic nitrogens is 3. The minimum atomic E-state index is -0.354. The van der Waals surface area contributed by atoms with Crippen molar-refractivity contribution >= 4 is 11.4 Å². The van der Waals surface area contributed by atoms with Crippen LogP contribution in [0.2, 0.25) is 0 Å². The summed E-state index contributed by atoms with van der Waals surface area (Å²) in [6.07, 6.45) is 3.21. The largest absolute Gasteiger partial charge is 0.486 e. The van der Waals surface area contributed by atoms with E-state index < -0.39 is 0 Å². The number of H-pyrrole nitrogens is 2. The molecule has 0 bridgehead atoms. The SMILES string of the molecule is O=c1[nH][nH]c(-c2ccc3c(c2)OCCO3)c1N=Nc1cccnc1. The van der Waals surface area contributed by atoms with Crippen LogP contribution >= 0.6 is 0 Å². The average molecular weight is 323 g/mol. The van der Waals surface area contributed by atoms with Crippen LogP contribution in [-0.2, 0) is 0 Å². The lowest BCUT2D eigenvalue weighted by molar-refractivity contribution is 0.171. The summed E-state index contributed by atoms with van der Waals surface area (Å²) in [7, 11) is 0. The fraction of sp³-hybridized carbons (Fsp3) is 0.125. The molecule has 0 atom stereocenters. The molecule has 0 fully saturated rings. The molecule has 1 aliphatic rings. The van der Waals surface area contributed by atoms with E-state index in [1.807, 2.05) is 6.07 Å². The Balaban J connectivity index is 1.72. The van der Waals surface area contributed by atoms with Crippen LogP contribution in [-0.4, -0.2) is 28.4 Å². The van der Waals surface area contributed by atoms with Crippen LogP contribution in [0.5, 0.6) is 11.5 Å². The molecule has 3 heterocycles. The van der Waals surface area contributed by atoms with E-state index >= 15 is 0 Å². The maximum Gasteiger partial charge on any atom is 0.292 e. The molecule has 0 radical (unpaired) electrons. The molecule has 8 heteroatoms. The van der Waals surface area contributed by atoms with Gasteiger partial charge in [0.1, 0.15) is 18.9 Å². The minimum Gasteiger partial charge on any atom is -0.486 e. The molecular formula is C16H13N5O3. The van der Waals surface area contributed by atoms with E-state index in [-0.39, 0.29) is 11.2 Å². The minimum absolute atomic E-state index is 0.190. The third-order valence-electron chi connectivity index (χ3n) is 3.50. The van der Waals surface area contributed by atoms with E-state index in [1.165, 1.54) is 0 Å². The fourth-order valence-corrected chi connectivity index (χ4v) is 2.37. The lowest BCUT2D eigenvalue weighted by Gasteiger charge is -2.18. The topological polar surface area (TPSA) is 105 Å². The summed E-state index contributed by atoms with van der Waals surface area (Å²) in [5, 5.41) is 13.5. The standard InChI is InChI=1S/C16H13N5O3/c22-16-15(20-18-11-2-1-5-17-9-11)14(19-21-16)10-3-4-12-13(8-10)24-7-6-23-12/h1-5,8-9H,6-7H2,(H2,19,21,22). The Bertz CT molecular complexity index is 946. The second-order valence-electron chi connectivity index (χ2n) is 5.07. The molecule has 3 aromatic rings. The Labute approximate surface area is 136 Å². The molecule has 2 aromatic heterocycles. The average Bonchev–Trinajstić information content (AvgIpc) is 3.01. The Morgan fingerprint density at radius 3 is 2.75 bits per heavy atom. The van der Waals surface area contributed by atoms with E-state index in [0.29, 0.717) is 36.1 Å². The smallest absolute Gasteiger partial charge is 0.292 e. The summed E-state index contributed by atoms with van der Waals surface area (Å²) in [5.74, 6) is 1.32. The molecule has 120 valence electrons. The number of hydrogen-bond donors (Lipinski definition) is 2. The molecule has 0 amide bonds. The van der Waals surface area contributed by atoms with Gasteiger partial charge in [0.05, 0.1) is 11.9 Å². The van der Waals surface area contributed by atoms with Crippen LogP contribution in [0.3, 0.4) is 0 Å². The summed E-state index contributed by atoms with van der Waals surface area (Å²) < 4.78 is 11.1. The van der Waals surface area contributed by atoms with Gasteiger partial charge in [0.2, 0.25) is 0 Å². The van der Waals surface area contributed by atoms with Gasteiger partial charge in [0.15, 0.2) is 17.2 Å². The number of hydrogen-bond acceptors (Lipinski definition) is 6. The zero-order valence-corrected chi connectivity index (χ0v) is 12.5. The molecular weight excluding hydrogens is 310 g/mol. The van der Waals surface area contributed by atoms with Crippen molar-refractivity contribution in [2.24, 2.45) is 10.2 Å². The molecule has 0 unspecified atom stereocenters. The number of fused-ring (bicyclic) bond motifs is 1. The van der Waals surface area contributed by atoms with Crippen LogP contribution in [0.15, 0.2) is 57.7 Å². The predicted octanol–water partition coefficient (Wildman–Crippen LogP) is 2.95. The van der Waals surface area contributed by atoms with Gasteiger partial charge >= 0.3 is 0 Å². The van der Waals surface area contributed by atoms with Crippen molar-refractivity contribution in [3.63, 3.8) is 0 Å². The Hall–Kier alpha value is -3.42. The Morgan fingerprint density at radius 1 is 1.04 bits per heavy atom. The predicted molar refractivity (Wildman–Crippen MR) is 86.3 cm³/mol. The number of aromatic amines is 2. The van der Waals surface area contributed by atoms with Crippen molar-refractivity contribution in [1.29, 1.82) is 0 Å². The van der Waals surface area contributed by atoms with E-state index in [0.717, 1.165) is 5.56 Å². The van der Waals surface area contributed by atoms with Gasteiger partial charge in [-0.2, -0.15) is 0 Å². The maximum atomic E-state index is 12.0. The number of nitrogens with one attached hydrogen (secondary N) is 2. The van der Waals surface area contributed by atoms with Crippen LogP contribution in [0.25, 0.3) is 11.3 Å². The highest BCUT2D eigenvalue weighted by Gasteiger charge is 2.16. The third kappa shape index (κ3) is 2.65. The zero-order valence-electron chi connectivity index (χ0n) is 12.5.